The van der Waals surface area contributed by atoms with Crippen molar-refractivity contribution in [3.05, 3.63) is 51.6 Å². The predicted molar refractivity (Wildman–Crippen MR) is 114 cm³/mol. The molecule has 2 aromatic heterocycles. The number of aryl methyl sites for hydroxylation is 1. The Morgan fingerprint density at radius 1 is 1.13 bits per heavy atom. The summed E-state index contributed by atoms with van der Waals surface area (Å²) >= 11 is 0. The third kappa shape index (κ3) is 3.60. The highest BCUT2D eigenvalue weighted by atomic mass is 16.5. The molecule has 1 atom stereocenters. The summed E-state index contributed by atoms with van der Waals surface area (Å²) in [6.07, 6.45) is 2.33. The van der Waals surface area contributed by atoms with Crippen LogP contribution in [0.5, 0.6) is 17.2 Å². The minimum absolute atomic E-state index is 0.144. The van der Waals surface area contributed by atoms with E-state index in [0.717, 1.165) is 24.2 Å². The number of nitrogens with zero attached hydrogens (tertiary/aromatic N) is 3. The Hall–Kier alpha value is -3.49. The topological polar surface area (TPSA) is 98.2 Å². The lowest BCUT2D eigenvalue weighted by atomic mass is 10.1. The van der Waals surface area contributed by atoms with E-state index in [2.05, 4.69) is 10.1 Å². The molecule has 3 aromatic rings. The van der Waals surface area contributed by atoms with Crippen molar-refractivity contribution in [1.29, 1.82) is 0 Å². The van der Waals surface area contributed by atoms with E-state index >= 15 is 0 Å². The Bertz CT molecular complexity index is 1160. The molecular formula is C22H26N4O5. The van der Waals surface area contributed by atoms with Crippen molar-refractivity contribution in [2.75, 3.05) is 27.9 Å². The van der Waals surface area contributed by atoms with Gasteiger partial charge in [0, 0.05) is 29.9 Å². The summed E-state index contributed by atoms with van der Waals surface area (Å²) in [4.78, 5) is 32.1. The quantitative estimate of drug-likeness (QED) is 0.651. The van der Waals surface area contributed by atoms with Gasteiger partial charge >= 0.3 is 0 Å². The fourth-order valence-electron chi connectivity index (χ4n) is 4.11. The number of aromatic nitrogens is 3. The molecule has 164 valence electrons. The van der Waals surface area contributed by atoms with Gasteiger partial charge in [0.05, 0.1) is 33.1 Å². The SMILES string of the molecule is CCc1cc(=O)n2[nH]c(C3CCCN3C(=O)c3cc(OC)c(OC)c(OC)c3)cc2n1. The summed E-state index contributed by atoms with van der Waals surface area (Å²) < 4.78 is 17.6. The van der Waals surface area contributed by atoms with Crippen LogP contribution in [-0.4, -0.2) is 53.3 Å². The Balaban J connectivity index is 1.71. The Morgan fingerprint density at radius 2 is 1.84 bits per heavy atom. The normalized spacial score (nSPS) is 16.0. The summed E-state index contributed by atoms with van der Waals surface area (Å²) in [5.74, 6) is 1.14. The average Bonchev–Trinajstić information content (AvgIpc) is 3.44. The minimum atomic E-state index is -0.183. The van der Waals surface area contributed by atoms with Gasteiger partial charge in [0.1, 0.15) is 0 Å². The van der Waals surface area contributed by atoms with E-state index in [1.54, 1.807) is 17.0 Å². The molecule has 1 fully saturated rings. The molecule has 1 saturated heterocycles. The number of amides is 1. The summed E-state index contributed by atoms with van der Waals surface area (Å²) in [6, 6.07) is 6.51. The van der Waals surface area contributed by atoms with Gasteiger partial charge < -0.3 is 19.1 Å². The standard InChI is InChI=1S/C22H26N4O5/c1-5-14-11-20(27)26-19(23-14)12-15(24-26)16-7-6-8-25(16)22(28)13-9-17(29-2)21(31-4)18(10-13)30-3/h9-12,16,24H,5-8H2,1-4H3. The zero-order chi connectivity index (χ0) is 22.1. The summed E-state index contributed by atoms with van der Waals surface area (Å²) in [7, 11) is 4.56. The average molecular weight is 426 g/mol. The van der Waals surface area contributed by atoms with Crippen LogP contribution in [0, 0.1) is 0 Å². The molecule has 1 amide bonds. The smallest absolute Gasteiger partial charge is 0.272 e. The number of carbonyl (C=O) groups is 1. The number of aromatic amines is 1. The first kappa shape index (κ1) is 20.8. The van der Waals surface area contributed by atoms with Gasteiger partial charge in [-0.3, -0.25) is 14.7 Å². The molecule has 1 unspecified atom stereocenters. The van der Waals surface area contributed by atoms with E-state index in [0.29, 0.717) is 41.4 Å². The maximum atomic E-state index is 13.4. The van der Waals surface area contributed by atoms with E-state index in [4.69, 9.17) is 14.2 Å². The Labute approximate surface area is 179 Å². The Morgan fingerprint density at radius 3 is 2.45 bits per heavy atom. The molecule has 1 aliphatic rings. The molecular weight excluding hydrogens is 400 g/mol. The molecule has 1 aromatic carbocycles. The number of benzene rings is 1. The molecule has 3 heterocycles. The largest absolute Gasteiger partial charge is 0.493 e. The first-order chi connectivity index (χ1) is 15.0. The summed E-state index contributed by atoms with van der Waals surface area (Å²) in [6.45, 7) is 2.57. The maximum Gasteiger partial charge on any atom is 0.272 e. The number of H-pyrrole nitrogens is 1. The first-order valence-corrected chi connectivity index (χ1v) is 10.2. The van der Waals surface area contributed by atoms with Crippen molar-refractivity contribution >= 4 is 11.6 Å². The second kappa shape index (κ2) is 8.33. The van der Waals surface area contributed by atoms with E-state index in [1.807, 2.05) is 13.0 Å². The number of likely N-dealkylation sites (tertiary alicyclic amines) is 1. The zero-order valence-electron chi connectivity index (χ0n) is 18.1. The molecule has 0 radical (unpaired) electrons. The van der Waals surface area contributed by atoms with Crippen molar-refractivity contribution < 1.29 is 19.0 Å². The minimum Gasteiger partial charge on any atom is -0.493 e. The number of hydrogen-bond donors (Lipinski definition) is 1. The number of methoxy groups -OCH3 is 3. The third-order valence-corrected chi connectivity index (χ3v) is 5.67. The van der Waals surface area contributed by atoms with Gasteiger partial charge in [0.2, 0.25) is 5.75 Å². The molecule has 0 aliphatic carbocycles. The van der Waals surface area contributed by atoms with Crippen LogP contribution in [0.3, 0.4) is 0 Å². The van der Waals surface area contributed by atoms with Crippen molar-refractivity contribution in [2.24, 2.45) is 0 Å². The van der Waals surface area contributed by atoms with E-state index in [1.165, 1.54) is 31.9 Å². The molecule has 0 spiro atoms. The predicted octanol–water partition coefficient (Wildman–Crippen LogP) is 2.59. The molecule has 1 aliphatic heterocycles. The van der Waals surface area contributed by atoms with Crippen molar-refractivity contribution in [3.8, 4) is 17.2 Å². The molecule has 4 rings (SSSR count). The second-order valence-electron chi connectivity index (χ2n) is 7.41. The molecule has 1 N–H and O–H groups in total. The lowest BCUT2D eigenvalue weighted by Crippen LogP contribution is -2.31. The number of ether oxygens (including phenoxy) is 3. The van der Waals surface area contributed by atoms with Crippen molar-refractivity contribution in [3.63, 3.8) is 0 Å². The zero-order valence-corrected chi connectivity index (χ0v) is 18.1. The van der Waals surface area contributed by atoms with Crippen LogP contribution in [0.15, 0.2) is 29.1 Å². The monoisotopic (exact) mass is 426 g/mol. The molecule has 0 bridgehead atoms. The van der Waals surface area contributed by atoms with Crippen molar-refractivity contribution in [2.45, 2.75) is 32.2 Å². The van der Waals surface area contributed by atoms with E-state index in [9.17, 15) is 9.59 Å². The van der Waals surface area contributed by atoms with Gasteiger partial charge in [0.25, 0.3) is 11.5 Å². The number of fused-ring (bicyclic) bond motifs is 1. The van der Waals surface area contributed by atoms with Crippen LogP contribution < -0.4 is 19.8 Å². The highest BCUT2D eigenvalue weighted by molar-refractivity contribution is 5.96. The molecule has 31 heavy (non-hydrogen) atoms. The number of hydrogen-bond acceptors (Lipinski definition) is 6. The van der Waals surface area contributed by atoms with E-state index in [-0.39, 0.29) is 17.5 Å². The van der Waals surface area contributed by atoms with Gasteiger partial charge in [-0.1, -0.05) is 6.92 Å². The van der Waals surface area contributed by atoms with Gasteiger partial charge in [-0.05, 0) is 31.4 Å². The molecule has 9 nitrogen and oxygen atoms in total. The molecule has 0 saturated carbocycles. The third-order valence-electron chi connectivity index (χ3n) is 5.67. The number of rotatable bonds is 6. The molecule has 9 heteroatoms. The van der Waals surface area contributed by atoms with Crippen LogP contribution in [-0.2, 0) is 6.42 Å². The first-order valence-electron chi connectivity index (χ1n) is 10.2. The maximum absolute atomic E-state index is 13.4. The summed E-state index contributed by atoms with van der Waals surface area (Å²) in [5, 5.41) is 3.14. The second-order valence-corrected chi connectivity index (χ2v) is 7.41. The fraction of sp³-hybridized carbons (Fsp3) is 0.409. The lowest BCUT2D eigenvalue weighted by Gasteiger charge is -2.24. The van der Waals surface area contributed by atoms with Crippen LogP contribution in [0.25, 0.3) is 5.65 Å². The van der Waals surface area contributed by atoms with Crippen LogP contribution >= 0.6 is 0 Å². The van der Waals surface area contributed by atoms with Crippen LogP contribution in [0.2, 0.25) is 0 Å². The van der Waals surface area contributed by atoms with Gasteiger partial charge in [-0.25, -0.2) is 9.50 Å². The highest BCUT2D eigenvalue weighted by Gasteiger charge is 2.33. The fourth-order valence-corrected chi connectivity index (χ4v) is 4.11. The van der Waals surface area contributed by atoms with Gasteiger partial charge in [-0.2, -0.15) is 0 Å². The van der Waals surface area contributed by atoms with Gasteiger partial charge in [0.15, 0.2) is 17.1 Å². The van der Waals surface area contributed by atoms with Gasteiger partial charge in [-0.15, -0.1) is 0 Å². The Kier molecular flexibility index (Phi) is 5.58. The van der Waals surface area contributed by atoms with E-state index < -0.39 is 0 Å². The summed E-state index contributed by atoms with van der Waals surface area (Å²) in [5.41, 5.74) is 2.38. The van der Waals surface area contributed by atoms with Crippen LogP contribution in [0.4, 0.5) is 0 Å². The van der Waals surface area contributed by atoms with Crippen LogP contribution in [0.1, 0.15) is 47.6 Å². The highest BCUT2D eigenvalue weighted by Crippen LogP contribution is 2.40. The number of nitrogens with one attached hydrogen (secondary N) is 1. The number of carbonyl (C=O) groups excluding carboxylic acids is 1. The van der Waals surface area contributed by atoms with Crippen molar-refractivity contribution in [1.82, 2.24) is 19.5 Å². The lowest BCUT2D eigenvalue weighted by molar-refractivity contribution is 0.0732.